The highest BCUT2D eigenvalue weighted by Crippen LogP contribution is 2.26. The summed E-state index contributed by atoms with van der Waals surface area (Å²) in [4.78, 5) is 26.2. The van der Waals surface area contributed by atoms with Crippen LogP contribution < -0.4 is 16.4 Å². The van der Waals surface area contributed by atoms with Gasteiger partial charge < -0.3 is 16.4 Å². The molecule has 0 bridgehead atoms. The van der Waals surface area contributed by atoms with Gasteiger partial charge in [-0.25, -0.2) is 23.7 Å². The molecule has 1 saturated heterocycles. The van der Waals surface area contributed by atoms with Crippen molar-refractivity contribution in [2.24, 2.45) is 0 Å². The Hall–Kier alpha value is -4.25. The van der Waals surface area contributed by atoms with Gasteiger partial charge in [0.15, 0.2) is 11.5 Å². The number of amides is 1. The molecule has 5 rings (SSSR count). The summed E-state index contributed by atoms with van der Waals surface area (Å²) in [6.07, 6.45) is 3.61. The van der Waals surface area contributed by atoms with Crippen LogP contribution >= 0.6 is 0 Å². The summed E-state index contributed by atoms with van der Waals surface area (Å²) in [6, 6.07) is 10.0. The zero-order valence-corrected chi connectivity index (χ0v) is 19.3. The van der Waals surface area contributed by atoms with Crippen LogP contribution in [-0.4, -0.2) is 44.1 Å². The van der Waals surface area contributed by atoms with Gasteiger partial charge in [0, 0.05) is 41.8 Å². The van der Waals surface area contributed by atoms with Crippen molar-refractivity contribution >= 4 is 11.7 Å². The van der Waals surface area contributed by atoms with E-state index in [0.29, 0.717) is 28.3 Å². The average molecular weight is 491 g/mol. The number of nitrogens with zero attached hydrogens (tertiary/aromatic N) is 4. The van der Waals surface area contributed by atoms with E-state index in [1.54, 1.807) is 24.3 Å². The van der Waals surface area contributed by atoms with Crippen molar-refractivity contribution in [1.29, 1.82) is 0 Å². The van der Waals surface area contributed by atoms with Crippen LogP contribution in [0.15, 0.2) is 48.7 Å². The van der Waals surface area contributed by atoms with Gasteiger partial charge in [0.05, 0.1) is 11.9 Å². The molecular weight excluding hydrogens is 466 g/mol. The molecule has 184 valence electrons. The number of hydrogen-bond acceptors (Lipinski definition) is 7. The van der Waals surface area contributed by atoms with Gasteiger partial charge in [0.25, 0.3) is 5.91 Å². The van der Waals surface area contributed by atoms with Crippen molar-refractivity contribution in [1.82, 2.24) is 35.8 Å². The molecule has 0 saturated carbocycles. The number of carbonyl (C=O) groups excluding carboxylic acids is 1. The lowest BCUT2D eigenvalue weighted by molar-refractivity contribution is 0.0950. The third-order valence-corrected chi connectivity index (χ3v) is 6.07. The largest absolute Gasteiger partial charge is 0.382 e. The highest BCUT2D eigenvalue weighted by Gasteiger charge is 2.21. The monoisotopic (exact) mass is 490 g/mol. The SMILES string of the molecule is Nc1ncc(-c2cccc(C(=O)NCc3ccc(F)cc3F)c2)nc1-c1n[nH]c(C2CCCNC2)n1. The molecule has 1 amide bonds. The van der Waals surface area contributed by atoms with Crippen molar-refractivity contribution in [2.45, 2.75) is 25.3 Å². The smallest absolute Gasteiger partial charge is 0.251 e. The molecule has 1 atom stereocenters. The number of nitrogen functional groups attached to an aromatic ring is 1. The maximum Gasteiger partial charge on any atom is 0.251 e. The molecule has 11 heteroatoms. The number of carbonyl (C=O) groups is 1. The number of piperidine rings is 1. The predicted octanol–water partition coefficient (Wildman–Crippen LogP) is 3.19. The van der Waals surface area contributed by atoms with Crippen LogP contribution in [0.25, 0.3) is 22.8 Å². The quantitative estimate of drug-likeness (QED) is 0.326. The Labute approximate surface area is 205 Å². The zero-order valence-electron chi connectivity index (χ0n) is 19.3. The summed E-state index contributed by atoms with van der Waals surface area (Å²) >= 11 is 0. The maximum atomic E-state index is 13.9. The lowest BCUT2D eigenvalue weighted by Crippen LogP contribution is -2.28. The Balaban J connectivity index is 1.35. The van der Waals surface area contributed by atoms with Gasteiger partial charge in [-0.2, -0.15) is 5.10 Å². The number of H-pyrrole nitrogens is 1. The first-order chi connectivity index (χ1) is 17.5. The maximum absolute atomic E-state index is 13.9. The van der Waals surface area contributed by atoms with Crippen molar-refractivity contribution in [2.75, 3.05) is 18.8 Å². The molecule has 0 spiro atoms. The molecule has 2 aromatic carbocycles. The number of benzene rings is 2. The molecule has 1 fully saturated rings. The minimum atomic E-state index is -0.719. The van der Waals surface area contributed by atoms with Crippen molar-refractivity contribution in [3.05, 3.63) is 77.2 Å². The Kier molecular flexibility index (Phi) is 6.63. The van der Waals surface area contributed by atoms with Crippen LogP contribution in [0.4, 0.5) is 14.6 Å². The summed E-state index contributed by atoms with van der Waals surface area (Å²) < 4.78 is 27.0. The number of nitrogens with one attached hydrogen (secondary N) is 3. The van der Waals surface area contributed by atoms with Crippen LogP contribution in [0.3, 0.4) is 0 Å². The van der Waals surface area contributed by atoms with Crippen LogP contribution in [0.1, 0.15) is 40.5 Å². The third kappa shape index (κ3) is 5.05. The van der Waals surface area contributed by atoms with E-state index in [1.807, 2.05) is 0 Å². The molecule has 2 aromatic heterocycles. The van der Waals surface area contributed by atoms with Crippen molar-refractivity contribution < 1.29 is 13.6 Å². The van der Waals surface area contributed by atoms with Gasteiger partial charge in [0.2, 0.25) is 5.82 Å². The molecule has 4 aromatic rings. The number of halogens is 2. The summed E-state index contributed by atoms with van der Waals surface area (Å²) in [5.74, 6) is -0.228. The highest BCUT2D eigenvalue weighted by atomic mass is 19.1. The summed E-state index contributed by atoms with van der Waals surface area (Å²) in [5, 5.41) is 13.3. The number of aromatic amines is 1. The number of nitrogens with two attached hydrogens (primary N) is 1. The minimum absolute atomic E-state index is 0.0787. The predicted molar refractivity (Wildman–Crippen MR) is 130 cm³/mol. The Morgan fingerprint density at radius 1 is 1.17 bits per heavy atom. The topological polar surface area (TPSA) is 134 Å². The zero-order chi connectivity index (χ0) is 25.1. The fourth-order valence-corrected chi connectivity index (χ4v) is 4.11. The Morgan fingerprint density at radius 3 is 2.86 bits per heavy atom. The molecule has 9 nitrogen and oxygen atoms in total. The lowest BCUT2D eigenvalue weighted by atomic mass is 9.99. The second-order valence-electron chi connectivity index (χ2n) is 8.58. The summed E-state index contributed by atoms with van der Waals surface area (Å²) in [5.41, 5.74) is 8.09. The van der Waals surface area contributed by atoms with E-state index < -0.39 is 17.5 Å². The van der Waals surface area contributed by atoms with E-state index in [0.717, 1.165) is 43.9 Å². The molecule has 1 aliphatic rings. The lowest BCUT2D eigenvalue weighted by Gasteiger charge is -2.20. The molecule has 3 heterocycles. The van der Waals surface area contributed by atoms with Gasteiger partial charge in [-0.05, 0) is 37.6 Å². The van der Waals surface area contributed by atoms with E-state index in [4.69, 9.17) is 5.73 Å². The van der Waals surface area contributed by atoms with Gasteiger partial charge >= 0.3 is 0 Å². The normalized spacial score (nSPS) is 15.6. The van der Waals surface area contributed by atoms with Crippen LogP contribution in [0, 0.1) is 11.6 Å². The fourth-order valence-electron chi connectivity index (χ4n) is 4.11. The third-order valence-electron chi connectivity index (χ3n) is 6.07. The second kappa shape index (κ2) is 10.2. The number of hydrogen-bond donors (Lipinski definition) is 4. The number of rotatable bonds is 6. The minimum Gasteiger partial charge on any atom is -0.382 e. The number of anilines is 1. The summed E-state index contributed by atoms with van der Waals surface area (Å²) in [7, 11) is 0. The first kappa shape index (κ1) is 23.5. The summed E-state index contributed by atoms with van der Waals surface area (Å²) in [6.45, 7) is 1.75. The van der Waals surface area contributed by atoms with E-state index in [2.05, 4.69) is 35.8 Å². The molecule has 0 aliphatic carbocycles. The Morgan fingerprint density at radius 2 is 2.06 bits per heavy atom. The molecule has 0 radical (unpaired) electrons. The first-order valence-corrected chi connectivity index (χ1v) is 11.6. The van der Waals surface area contributed by atoms with E-state index >= 15 is 0 Å². The van der Waals surface area contributed by atoms with Gasteiger partial charge in [-0.1, -0.05) is 18.2 Å². The fraction of sp³-hybridized carbons (Fsp3) is 0.240. The average Bonchev–Trinajstić information content (AvgIpc) is 3.39. The van der Waals surface area contributed by atoms with Gasteiger partial charge in [-0.15, -0.1) is 0 Å². The van der Waals surface area contributed by atoms with E-state index in [9.17, 15) is 13.6 Å². The molecule has 1 unspecified atom stereocenters. The van der Waals surface area contributed by atoms with Crippen molar-refractivity contribution in [3.63, 3.8) is 0 Å². The molecule has 5 N–H and O–H groups in total. The van der Waals surface area contributed by atoms with E-state index in [1.165, 1.54) is 12.3 Å². The number of aromatic nitrogens is 5. The van der Waals surface area contributed by atoms with Crippen LogP contribution in [0.5, 0.6) is 0 Å². The molecule has 1 aliphatic heterocycles. The second-order valence-corrected chi connectivity index (χ2v) is 8.58. The van der Waals surface area contributed by atoms with Crippen LogP contribution in [0.2, 0.25) is 0 Å². The standard InChI is InChI=1S/C25H24F2N8O/c26-18-7-6-16(19(27)10-18)12-31-25(36)15-4-1-3-14(9-15)20-13-30-22(28)21(32-20)24-33-23(34-35-24)17-5-2-8-29-11-17/h1,3-4,6-7,9-10,13,17,29H,2,5,8,11-12H2,(H2,28,30)(H,31,36)(H,33,34,35). The molecule has 36 heavy (non-hydrogen) atoms. The van der Waals surface area contributed by atoms with E-state index in [-0.39, 0.29) is 23.8 Å². The highest BCUT2D eigenvalue weighted by molar-refractivity contribution is 5.95. The van der Waals surface area contributed by atoms with Crippen LogP contribution in [-0.2, 0) is 6.54 Å². The first-order valence-electron chi connectivity index (χ1n) is 11.6. The van der Waals surface area contributed by atoms with Gasteiger partial charge in [-0.3, -0.25) is 9.89 Å². The van der Waals surface area contributed by atoms with Crippen molar-refractivity contribution in [3.8, 4) is 22.8 Å². The molecular formula is C25H24F2N8O. The van der Waals surface area contributed by atoms with Gasteiger partial charge in [0.1, 0.15) is 17.5 Å². The Bertz CT molecular complexity index is 1400.